The fourth-order valence-electron chi connectivity index (χ4n) is 9.83. The van der Waals surface area contributed by atoms with Crippen LogP contribution in [0.1, 0.15) is 50.7 Å². The second-order valence-corrected chi connectivity index (χ2v) is 18.0. The van der Waals surface area contributed by atoms with Crippen molar-refractivity contribution in [2.24, 2.45) is 0 Å². The summed E-state index contributed by atoms with van der Waals surface area (Å²) in [4.78, 5) is 4.53. The van der Waals surface area contributed by atoms with Crippen LogP contribution in [-0.2, 0) is 0 Å². The van der Waals surface area contributed by atoms with E-state index in [2.05, 4.69) is 171 Å². The van der Waals surface area contributed by atoms with Gasteiger partial charge in [0.2, 0.25) is 13.6 Å². The standard InChI is InChI=1S/C58H44N2O6/c1-33(2)35-5-11-41(12-6-35)59(45-17-19-49-55(29-45)63-31-61-49)43-15-9-37-25-47-53(27-39(37)23-43)65-51-21-22-52-58(57(47)51)48-26-38-10-16-44(24-40(38)28-54(48)66-52)60(42-13-7-36(8-14-42)34(3)4)46-18-20-50-56(30-46)64-32-62-50/h5-30,33-34H,31-32H2,1-4H3. The van der Waals surface area contributed by atoms with Crippen LogP contribution in [0.3, 0.4) is 0 Å². The van der Waals surface area contributed by atoms with Crippen LogP contribution >= 0.6 is 0 Å². The van der Waals surface area contributed by atoms with Crippen LogP contribution in [0.15, 0.2) is 167 Å². The van der Waals surface area contributed by atoms with Gasteiger partial charge in [0.25, 0.3) is 0 Å². The van der Waals surface area contributed by atoms with Gasteiger partial charge in [0.1, 0.15) is 22.3 Å². The van der Waals surface area contributed by atoms with Crippen LogP contribution in [-0.4, -0.2) is 13.6 Å². The number of fused-ring (bicyclic) bond motifs is 11. The number of ether oxygens (including phenoxy) is 4. The molecule has 66 heavy (non-hydrogen) atoms. The molecule has 8 heteroatoms. The molecule has 0 radical (unpaired) electrons. The van der Waals surface area contributed by atoms with Crippen molar-refractivity contribution in [1.29, 1.82) is 0 Å². The van der Waals surface area contributed by atoms with Crippen molar-refractivity contribution in [2.45, 2.75) is 39.5 Å². The highest BCUT2D eigenvalue weighted by Gasteiger charge is 2.23. The molecular weight excluding hydrogens is 821 g/mol. The fourth-order valence-corrected chi connectivity index (χ4v) is 9.83. The van der Waals surface area contributed by atoms with E-state index in [0.717, 1.165) is 123 Å². The summed E-state index contributed by atoms with van der Waals surface area (Å²) in [6, 6.07) is 56.0. The summed E-state index contributed by atoms with van der Waals surface area (Å²) in [6.07, 6.45) is 0. The van der Waals surface area contributed by atoms with Gasteiger partial charge < -0.3 is 37.6 Å². The molecule has 0 aliphatic carbocycles. The summed E-state index contributed by atoms with van der Waals surface area (Å²) in [6.45, 7) is 9.32. The Bertz CT molecular complexity index is 3490. The Morgan fingerprint density at radius 1 is 0.333 bits per heavy atom. The van der Waals surface area contributed by atoms with Gasteiger partial charge in [-0.1, -0.05) is 64.1 Å². The van der Waals surface area contributed by atoms with E-state index in [1.165, 1.54) is 11.1 Å². The Balaban J connectivity index is 0.916. The number of hydrogen-bond donors (Lipinski definition) is 0. The largest absolute Gasteiger partial charge is 0.456 e. The highest BCUT2D eigenvalue weighted by Crippen LogP contribution is 2.47. The summed E-state index contributed by atoms with van der Waals surface area (Å²) >= 11 is 0. The molecule has 9 aromatic carbocycles. The van der Waals surface area contributed by atoms with Crippen LogP contribution < -0.4 is 28.7 Å². The number of nitrogens with zero attached hydrogens (tertiary/aromatic N) is 2. The zero-order chi connectivity index (χ0) is 44.2. The van der Waals surface area contributed by atoms with Crippen molar-refractivity contribution in [3.8, 4) is 23.0 Å². The maximum absolute atomic E-state index is 6.70. The third kappa shape index (κ3) is 6.20. The third-order valence-corrected chi connectivity index (χ3v) is 13.3. The molecule has 0 amide bonds. The first-order valence-corrected chi connectivity index (χ1v) is 22.6. The van der Waals surface area contributed by atoms with Crippen molar-refractivity contribution in [1.82, 2.24) is 0 Å². The lowest BCUT2D eigenvalue weighted by atomic mass is 10.00. The summed E-state index contributed by atoms with van der Waals surface area (Å²) in [5.41, 5.74) is 12.0. The van der Waals surface area contributed by atoms with Crippen LogP contribution in [0.25, 0.3) is 65.4 Å². The monoisotopic (exact) mass is 864 g/mol. The first-order valence-electron chi connectivity index (χ1n) is 22.6. The van der Waals surface area contributed by atoms with Gasteiger partial charge in [-0.15, -0.1) is 0 Å². The molecule has 0 fully saturated rings. The molecule has 0 N–H and O–H groups in total. The molecule has 13 rings (SSSR count). The Morgan fingerprint density at radius 3 is 1.14 bits per heavy atom. The highest BCUT2D eigenvalue weighted by atomic mass is 16.7. The minimum atomic E-state index is 0.223. The van der Waals surface area contributed by atoms with Crippen molar-refractivity contribution >= 4 is 99.5 Å². The van der Waals surface area contributed by atoms with E-state index in [1.807, 2.05) is 24.3 Å². The lowest BCUT2D eigenvalue weighted by molar-refractivity contribution is 0.173. The van der Waals surface area contributed by atoms with Crippen LogP contribution in [0.5, 0.6) is 23.0 Å². The number of hydrogen-bond acceptors (Lipinski definition) is 8. The van der Waals surface area contributed by atoms with E-state index in [-0.39, 0.29) is 13.6 Å². The maximum Gasteiger partial charge on any atom is 0.231 e. The average molecular weight is 865 g/mol. The van der Waals surface area contributed by atoms with Crippen LogP contribution in [0.4, 0.5) is 34.1 Å². The van der Waals surface area contributed by atoms with E-state index < -0.39 is 0 Å². The van der Waals surface area contributed by atoms with Gasteiger partial charge in [0.05, 0.1) is 11.4 Å². The van der Waals surface area contributed by atoms with Crippen molar-refractivity contribution in [3.63, 3.8) is 0 Å². The summed E-state index contributed by atoms with van der Waals surface area (Å²) in [5, 5.41) is 8.58. The van der Waals surface area contributed by atoms with E-state index in [4.69, 9.17) is 27.8 Å². The molecule has 8 nitrogen and oxygen atoms in total. The molecule has 0 saturated heterocycles. The molecule has 11 aromatic rings. The molecular formula is C58H44N2O6. The smallest absolute Gasteiger partial charge is 0.231 e. The molecule has 0 saturated carbocycles. The number of rotatable bonds is 8. The van der Waals surface area contributed by atoms with E-state index in [0.29, 0.717) is 11.8 Å². The first kappa shape index (κ1) is 38.4. The molecule has 0 atom stereocenters. The lowest BCUT2D eigenvalue weighted by Gasteiger charge is -2.26. The molecule has 322 valence electrons. The fraction of sp³-hybridized carbons (Fsp3) is 0.138. The van der Waals surface area contributed by atoms with Crippen molar-refractivity contribution in [3.05, 3.63) is 169 Å². The second-order valence-electron chi connectivity index (χ2n) is 18.0. The molecule has 4 heterocycles. The Kier molecular flexibility index (Phi) is 8.56. The summed E-state index contributed by atoms with van der Waals surface area (Å²) in [5.74, 6) is 3.86. The molecule has 0 unspecified atom stereocenters. The Morgan fingerprint density at radius 2 is 0.712 bits per heavy atom. The Labute approximate surface area is 380 Å². The zero-order valence-electron chi connectivity index (χ0n) is 36.9. The normalized spacial score (nSPS) is 13.2. The minimum absolute atomic E-state index is 0.223. The van der Waals surface area contributed by atoms with Gasteiger partial charge in [-0.05, 0) is 154 Å². The lowest BCUT2D eigenvalue weighted by Crippen LogP contribution is -2.10. The number of anilines is 6. The zero-order valence-corrected chi connectivity index (χ0v) is 36.9. The quantitative estimate of drug-likeness (QED) is 0.150. The molecule has 2 aromatic heterocycles. The van der Waals surface area contributed by atoms with Gasteiger partial charge in [0, 0.05) is 56.4 Å². The second kappa shape index (κ2) is 14.7. The van der Waals surface area contributed by atoms with Gasteiger partial charge >= 0.3 is 0 Å². The molecule has 2 aliphatic heterocycles. The first-order chi connectivity index (χ1) is 32.3. The summed E-state index contributed by atoms with van der Waals surface area (Å²) in [7, 11) is 0. The van der Waals surface area contributed by atoms with Gasteiger partial charge in [0.15, 0.2) is 23.0 Å². The van der Waals surface area contributed by atoms with Crippen LogP contribution in [0.2, 0.25) is 0 Å². The predicted molar refractivity (Wildman–Crippen MR) is 266 cm³/mol. The predicted octanol–water partition coefficient (Wildman–Crippen LogP) is 16.4. The highest BCUT2D eigenvalue weighted by molar-refractivity contribution is 6.28. The van der Waals surface area contributed by atoms with E-state index in [1.54, 1.807) is 0 Å². The van der Waals surface area contributed by atoms with Crippen LogP contribution in [0, 0.1) is 0 Å². The topological polar surface area (TPSA) is 69.7 Å². The van der Waals surface area contributed by atoms with Gasteiger partial charge in [-0.2, -0.15) is 0 Å². The van der Waals surface area contributed by atoms with Gasteiger partial charge in [-0.25, -0.2) is 0 Å². The van der Waals surface area contributed by atoms with E-state index >= 15 is 0 Å². The molecule has 0 bridgehead atoms. The summed E-state index contributed by atoms with van der Waals surface area (Å²) < 4.78 is 36.4. The molecule has 2 aliphatic rings. The SMILES string of the molecule is CC(C)c1ccc(N(c2ccc3c(c2)OCO3)c2ccc3cc4c(cc3c2)oc2ccc3oc5cc6cc(N(c7ccc(C(C)C)cc7)c7ccc8c(c7)OCO8)ccc6cc5c3c24)cc1. The number of benzene rings is 9. The third-order valence-electron chi connectivity index (χ3n) is 13.3. The van der Waals surface area contributed by atoms with Crippen molar-refractivity contribution < 1.29 is 27.8 Å². The minimum Gasteiger partial charge on any atom is -0.456 e. The maximum atomic E-state index is 6.70. The Hall–Kier alpha value is -8.10. The van der Waals surface area contributed by atoms with Crippen molar-refractivity contribution in [2.75, 3.05) is 23.4 Å². The molecule has 0 spiro atoms. The van der Waals surface area contributed by atoms with E-state index in [9.17, 15) is 0 Å². The average Bonchev–Trinajstić information content (AvgIpc) is 4.15. The van der Waals surface area contributed by atoms with Gasteiger partial charge in [-0.3, -0.25) is 0 Å². The number of furan rings is 2.